The van der Waals surface area contributed by atoms with Crippen molar-refractivity contribution < 1.29 is 49.4 Å². The van der Waals surface area contributed by atoms with Gasteiger partial charge in [-0.15, -0.1) is 0 Å². The Morgan fingerprint density at radius 1 is 0.966 bits per heavy atom. The van der Waals surface area contributed by atoms with E-state index in [-0.39, 0.29) is 6.61 Å². The Hall–Kier alpha value is -1.79. The Morgan fingerprint density at radius 2 is 1.59 bits per heavy atom. The van der Waals surface area contributed by atoms with E-state index in [1.54, 1.807) is 0 Å². The smallest absolute Gasteiger partial charge is 0.326 e. The first-order valence-corrected chi connectivity index (χ1v) is 9.75. The molecule has 0 bridgehead atoms. The summed E-state index contributed by atoms with van der Waals surface area (Å²) in [4.78, 5) is 34.1. The van der Waals surface area contributed by atoms with Crippen LogP contribution < -0.4 is 5.32 Å². The first-order valence-electron chi connectivity index (χ1n) is 9.75. The molecule has 1 fully saturated rings. The van der Waals surface area contributed by atoms with Crippen molar-refractivity contribution >= 4 is 17.8 Å². The van der Waals surface area contributed by atoms with E-state index in [9.17, 15) is 29.7 Å². The highest BCUT2D eigenvalue weighted by atomic mass is 16.7. The minimum atomic E-state index is -1.85. The number of amides is 1. The van der Waals surface area contributed by atoms with Crippen LogP contribution in [0.3, 0.4) is 0 Å². The number of aliphatic hydroxyl groups excluding tert-OH is 3. The summed E-state index contributed by atoms with van der Waals surface area (Å²) in [5.74, 6) is -4.16. The summed E-state index contributed by atoms with van der Waals surface area (Å²) in [6.07, 6.45) is -3.28. The van der Waals surface area contributed by atoms with E-state index in [0.717, 1.165) is 32.1 Å². The van der Waals surface area contributed by atoms with E-state index in [4.69, 9.17) is 19.7 Å². The molecule has 168 valence electrons. The van der Waals surface area contributed by atoms with E-state index < -0.39 is 61.0 Å². The van der Waals surface area contributed by atoms with E-state index in [1.807, 2.05) is 5.32 Å². The molecule has 0 aromatic carbocycles. The number of ether oxygens (including phenoxy) is 2. The molecule has 0 aromatic heterocycles. The largest absolute Gasteiger partial charge is 0.481 e. The maximum atomic E-state index is 12.3. The standard InChI is InChI=1S/C18H31NO10/c1-2-3-4-5-6-7-8-28-18-14(24)12(22)13(23)15(29-18)16(25)19-10(17(26)27)9-11(20)21/h10,12-15,18,22-24H,2-9H2,1H3,(H,19,25)(H,20,21)(H,26,27)/t10?,12-,13-,14+,15-,18+/m0/s1. The average molecular weight is 421 g/mol. The van der Waals surface area contributed by atoms with Crippen LogP contribution in [0.4, 0.5) is 0 Å². The molecule has 0 saturated carbocycles. The van der Waals surface area contributed by atoms with Gasteiger partial charge in [0.05, 0.1) is 6.42 Å². The molecule has 1 aliphatic rings. The summed E-state index contributed by atoms with van der Waals surface area (Å²) in [6.45, 7) is 2.30. The Labute approximate surface area is 168 Å². The number of unbranched alkanes of at least 4 members (excludes halogenated alkanes) is 5. The van der Waals surface area contributed by atoms with Crippen molar-refractivity contribution in [3.63, 3.8) is 0 Å². The fourth-order valence-electron chi connectivity index (χ4n) is 2.91. The topological polar surface area (TPSA) is 183 Å². The predicted octanol–water partition coefficient (Wildman–Crippen LogP) is -0.785. The van der Waals surface area contributed by atoms with Crippen LogP contribution in [0.1, 0.15) is 51.9 Å². The Kier molecular flexibility index (Phi) is 11.1. The van der Waals surface area contributed by atoms with Crippen LogP contribution in [0.25, 0.3) is 0 Å². The quantitative estimate of drug-likeness (QED) is 0.206. The maximum absolute atomic E-state index is 12.3. The molecule has 6 atom stereocenters. The van der Waals surface area contributed by atoms with Crippen molar-refractivity contribution in [2.24, 2.45) is 0 Å². The second-order valence-corrected chi connectivity index (χ2v) is 7.03. The molecule has 1 heterocycles. The fourth-order valence-corrected chi connectivity index (χ4v) is 2.91. The van der Waals surface area contributed by atoms with Gasteiger partial charge in [0, 0.05) is 6.61 Å². The number of carbonyl (C=O) groups excluding carboxylic acids is 1. The van der Waals surface area contributed by atoms with Crippen LogP contribution >= 0.6 is 0 Å². The van der Waals surface area contributed by atoms with Gasteiger partial charge in [-0.1, -0.05) is 39.0 Å². The van der Waals surface area contributed by atoms with Crippen molar-refractivity contribution in [1.29, 1.82) is 0 Å². The maximum Gasteiger partial charge on any atom is 0.326 e. The number of hydrogen-bond donors (Lipinski definition) is 6. The Bertz CT molecular complexity index is 543. The molecule has 0 spiro atoms. The lowest BCUT2D eigenvalue weighted by Crippen LogP contribution is -2.63. The number of nitrogens with one attached hydrogen (secondary N) is 1. The Morgan fingerprint density at radius 3 is 2.17 bits per heavy atom. The normalized spacial score (nSPS) is 27.9. The van der Waals surface area contributed by atoms with Crippen molar-refractivity contribution in [3.8, 4) is 0 Å². The third-order valence-corrected chi connectivity index (χ3v) is 4.60. The first kappa shape index (κ1) is 25.2. The number of aliphatic hydroxyl groups is 3. The van der Waals surface area contributed by atoms with Crippen LogP contribution in [0.5, 0.6) is 0 Å². The van der Waals surface area contributed by atoms with Crippen molar-refractivity contribution in [1.82, 2.24) is 5.32 Å². The fraction of sp³-hybridized carbons (Fsp3) is 0.833. The number of aliphatic carboxylic acids is 2. The predicted molar refractivity (Wildman–Crippen MR) is 97.8 cm³/mol. The first-order chi connectivity index (χ1) is 13.7. The van der Waals surface area contributed by atoms with Gasteiger partial charge in [0.15, 0.2) is 12.4 Å². The van der Waals surface area contributed by atoms with E-state index >= 15 is 0 Å². The minimum Gasteiger partial charge on any atom is -0.481 e. The van der Waals surface area contributed by atoms with Crippen molar-refractivity contribution in [2.75, 3.05) is 6.61 Å². The van der Waals surface area contributed by atoms with Crippen LogP contribution in [0.15, 0.2) is 0 Å². The monoisotopic (exact) mass is 421 g/mol. The molecule has 11 nitrogen and oxygen atoms in total. The number of hydrogen-bond acceptors (Lipinski definition) is 8. The molecule has 29 heavy (non-hydrogen) atoms. The molecular weight excluding hydrogens is 390 g/mol. The second-order valence-electron chi connectivity index (χ2n) is 7.03. The third-order valence-electron chi connectivity index (χ3n) is 4.60. The summed E-state index contributed by atoms with van der Waals surface area (Å²) in [6, 6.07) is -1.75. The summed E-state index contributed by atoms with van der Waals surface area (Å²) in [5.41, 5.74) is 0. The summed E-state index contributed by atoms with van der Waals surface area (Å²) < 4.78 is 10.6. The SMILES string of the molecule is CCCCCCCCO[C@@H]1O[C@H](C(=O)NC(CC(=O)O)C(=O)O)[C@@H](O)[C@H](O)[C@H]1O. The van der Waals surface area contributed by atoms with Gasteiger partial charge in [0.25, 0.3) is 5.91 Å². The van der Waals surface area contributed by atoms with E-state index in [0.29, 0.717) is 6.42 Å². The number of carboxylic acid groups (broad SMARTS) is 2. The lowest BCUT2D eigenvalue weighted by molar-refractivity contribution is -0.290. The van der Waals surface area contributed by atoms with Gasteiger partial charge in [0.1, 0.15) is 24.4 Å². The van der Waals surface area contributed by atoms with Gasteiger partial charge < -0.3 is 40.3 Å². The number of carbonyl (C=O) groups is 3. The van der Waals surface area contributed by atoms with Gasteiger partial charge in [-0.05, 0) is 6.42 Å². The van der Waals surface area contributed by atoms with Gasteiger partial charge in [-0.25, -0.2) is 4.79 Å². The number of rotatable bonds is 13. The average Bonchev–Trinajstić information content (AvgIpc) is 2.65. The molecule has 0 aliphatic carbocycles. The third kappa shape index (κ3) is 8.23. The van der Waals surface area contributed by atoms with Crippen molar-refractivity contribution in [2.45, 2.75) is 88.6 Å². The zero-order valence-corrected chi connectivity index (χ0v) is 16.4. The highest BCUT2D eigenvalue weighted by Gasteiger charge is 2.47. The Balaban J connectivity index is 2.62. The molecule has 6 N–H and O–H groups in total. The second kappa shape index (κ2) is 12.7. The molecule has 1 amide bonds. The lowest BCUT2D eigenvalue weighted by Gasteiger charge is -2.39. The molecule has 1 rings (SSSR count). The molecule has 0 radical (unpaired) electrons. The molecule has 1 saturated heterocycles. The number of carboxylic acids is 2. The zero-order valence-electron chi connectivity index (χ0n) is 16.4. The highest BCUT2D eigenvalue weighted by molar-refractivity contribution is 5.89. The summed E-state index contributed by atoms with van der Waals surface area (Å²) in [5, 5.41) is 49.7. The highest BCUT2D eigenvalue weighted by Crippen LogP contribution is 2.23. The van der Waals surface area contributed by atoms with Crippen LogP contribution in [0, 0.1) is 0 Å². The van der Waals surface area contributed by atoms with E-state index in [2.05, 4.69) is 6.92 Å². The molecule has 0 aromatic rings. The van der Waals surface area contributed by atoms with Crippen LogP contribution in [0.2, 0.25) is 0 Å². The van der Waals surface area contributed by atoms with Gasteiger partial charge in [-0.2, -0.15) is 0 Å². The summed E-state index contributed by atoms with van der Waals surface area (Å²) >= 11 is 0. The summed E-state index contributed by atoms with van der Waals surface area (Å²) in [7, 11) is 0. The van der Waals surface area contributed by atoms with Gasteiger partial charge >= 0.3 is 11.9 Å². The zero-order chi connectivity index (χ0) is 22.0. The molecule has 1 unspecified atom stereocenters. The van der Waals surface area contributed by atoms with Crippen LogP contribution in [-0.4, -0.2) is 86.7 Å². The van der Waals surface area contributed by atoms with Gasteiger partial charge in [-0.3, -0.25) is 9.59 Å². The lowest BCUT2D eigenvalue weighted by atomic mass is 9.98. The minimum absolute atomic E-state index is 0.196. The van der Waals surface area contributed by atoms with Gasteiger partial charge in [0.2, 0.25) is 0 Å². The van der Waals surface area contributed by atoms with E-state index in [1.165, 1.54) is 0 Å². The van der Waals surface area contributed by atoms with Crippen LogP contribution in [-0.2, 0) is 23.9 Å². The molecular formula is C18H31NO10. The molecule has 1 aliphatic heterocycles. The molecule has 11 heteroatoms. The van der Waals surface area contributed by atoms with Crippen molar-refractivity contribution in [3.05, 3.63) is 0 Å².